The lowest BCUT2D eigenvalue weighted by Crippen LogP contribution is -1.82. The second-order valence-corrected chi connectivity index (χ2v) is 2.59. The molecule has 1 nitrogen and oxygen atoms in total. The standard InChI is InChI=1S/C9H8ClFO/c1-12-6-5-7-3-2-4-8(10)9(7)11/h2-6H,1H3. The third kappa shape index (κ3) is 1.98. The van der Waals surface area contributed by atoms with Crippen molar-refractivity contribution in [3.8, 4) is 0 Å². The lowest BCUT2D eigenvalue weighted by molar-refractivity contribution is 0.341. The van der Waals surface area contributed by atoms with E-state index in [1.54, 1.807) is 12.1 Å². The Morgan fingerprint density at radius 3 is 2.92 bits per heavy atom. The first-order valence-electron chi connectivity index (χ1n) is 3.39. The molecule has 64 valence electrons. The van der Waals surface area contributed by atoms with Crippen molar-refractivity contribution < 1.29 is 9.13 Å². The van der Waals surface area contributed by atoms with Crippen LogP contribution in [0.1, 0.15) is 5.56 Å². The molecule has 0 atom stereocenters. The maximum absolute atomic E-state index is 13.1. The molecule has 1 rings (SSSR count). The molecule has 0 saturated carbocycles. The Hall–Kier alpha value is -1.02. The zero-order valence-corrected chi connectivity index (χ0v) is 7.31. The summed E-state index contributed by atoms with van der Waals surface area (Å²) in [4.78, 5) is 0. The van der Waals surface area contributed by atoms with Gasteiger partial charge in [-0.15, -0.1) is 0 Å². The fraction of sp³-hybridized carbons (Fsp3) is 0.111. The van der Waals surface area contributed by atoms with E-state index in [1.807, 2.05) is 0 Å². The first kappa shape index (κ1) is 9.07. The van der Waals surface area contributed by atoms with Crippen LogP contribution in [0.15, 0.2) is 24.5 Å². The normalized spacial score (nSPS) is 10.6. The molecule has 1 aromatic rings. The average molecular weight is 187 g/mol. The van der Waals surface area contributed by atoms with Gasteiger partial charge in [0.2, 0.25) is 0 Å². The van der Waals surface area contributed by atoms with Crippen LogP contribution >= 0.6 is 11.6 Å². The number of methoxy groups -OCH3 is 1. The molecule has 0 saturated heterocycles. The van der Waals surface area contributed by atoms with Crippen molar-refractivity contribution in [2.24, 2.45) is 0 Å². The minimum Gasteiger partial charge on any atom is -0.504 e. The zero-order valence-electron chi connectivity index (χ0n) is 6.55. The fourth-order valence-electron chi connectivity index (χ4n) is 0.791. The Kier molecular flexibility index (Phi) is 3.11. The largest absolute Gasteiger partial charge is 0.504 e. The summed E-state index contributed by atoms with van der Waals surface area (Å²) >= 11 is 5.54. The molecular formula is C9H8ClFO. The Labute approximate surface area is 75.4 Å². The summed E-state index contributed by atoms with van der Waals surface area (Å²) in [5.74, 6) is -0.424. The van der Waals surface area contributed by atoms with Crippen LogP contribution in [0.4, 0.5) is 4.39 Å². The quantitative estimate of drug-likeness (QED) is 0.645. The van der Waals surface area contributed by atoms with E-state index in [2.05, 4.69) is 4.74 Å². The van der Waals surface area contributed by atoms with Gasteiger partial charge in [-0.1, -0.05) is 23.7 Å². The molecule has 0 spiro atoms. The van der Waals surface area contributed by atoms with Crippen molar-refractivity contribution >= 4 is 17.7 Å². The van der Waals surface area contributed by atoms with Crippen LogP contribution in [0.5, 0.6) is 0 Å². The molecule has 3 heteroatoms. The molecule has 0 bridgehead atoms. The van der Waals surface area contributed by atoms with E-state index >= 15 is 0 Å². The lowest BCUT2D eigenvalue weighted by Gasteiger charge is -1.97. The number of hydrogen-bond donors (Lipinski definition) is 0. The molecule has 0 amide bonds. The molecule has 0 aliphatic carbocycles. The summed E-state index contributed by atoms with van der Waals surface area (Å²) in [6, 6.07) is 4.80. The number of halogens is 2. The third-order valence-corrected chi connectivity index (χ3v) is 1.66. The Morgan fingerprint density at radius 1 is 1.50 bits per heavy atom. The van der Waals surface area contributed by atoms with Crippen molar-refractivity contribution in [3.05, 3.63) is 40.9 Å². The van der Waals surface area contributed by atoms with Gasteiger partial charge in [-0.25, -0.2) is 4.39 Å². The SMILES string of the molecule is COC=Cc1cccc(Cl)c1F. The van der Waals surface area contributed by atoms with E-state index in [1.165, 1.54) is 25.5 Å². The summed E-state index contributed by atoms with van der Waals surface area (Å²) in [6.07, 6.45) is 2.91. The summed E-state index contributed by atoms with van der Waals surface area (Å²) in [6.45, 7) is 0. The summed E-state index contributed by atoms with van der Waals surface area (Å²) in [5, 5.41) is 0.119. The second kappa shape index (κ2) is 4.12. The number of benzene rings is 1. The molecule has 0 radical (unpaired) electrons. The summed E-state index contributed by atoms with van der Waals surface area (Å²) in [5.41, 5.74) is 0.421. The van der Waals surface area contributed by atoms with Gasteiger partial charge in [0.1, 0.15) is 5.82 Å². The maximum atomic E-state index is 13.1. The van der Waals surface area contributed by atoms with Gasteiger partial charge in [0.15, 0.2) is 0 Å². The highest BCUT2D eigenvalue weighted by Crippen LogP contribution is 2.18. The highest BCUT2D eigenvalue weighted by molar-refractivity contribution is 6.30. The molecule has 0 heterocycles. The van der Waals surface area contributed by atoms with E-state index in [4.69, 9.17) is 11.6 Å². The third-order valence-electron chi connectivity index (χ3n) is 1.37. The Balaban J connectivity index is 3.00. The maximum Gasteiger partial charge on any atom is 0.149 e. The monoisotopic (exact) mass is 186 g/mol. The van der Waals surface area contributed by atoms with E-state index in [0.29, 0.717) is 5.56 Å². The Morgan fingerprint density at radius 2 is 2.25 bits per heavy atom. The first-order valence-corrected chi connectivity index (χ1v) is 3.77. The van der Waals surface area contributed by atoms with E-state index in [0.717, 1.165) is 0 Å². The van der Waals surface area contributed by atoms with Gasteiger partial charge in [0, 0.05) is 5.56 Å². The van der Waals surface area contributed by atoms with Crippen LogP contribution in [-0.4, -0.2) is 7.11 Å². The van der Waals surface area contributed by atoms with Crippen LogP contribution in [0.2, 0.25) is 5.02 Å². The highest BCUT2D eigenvalue weighted by atomic mass is 35.5. The van der Waals surface area contributed by atoms with Crippen molar-refractivity contribution in [3.63, 3.8) is 0 Å². The molecule has 0 unspecified atom stereocenters. The van der Waals surface area contributed by atoms with Gasteiger partial charge in [-0.3, -0.25) is 0 Å². The zero-order chi connectivity index (χ0) is 8.97. The van der Waals surface area contributed by atoms with E-state index in [-0.39, 0.29) is 5.02 Å². The van der Waals surface area contributed by atoms with Crippen molar-refractivity contribution in [2.45, 2.75) is 0 Å². The van der Waals surface area contributed by atoms with Gasteiger partial charge in [0.05, 0.1) is 18.4 Å². The lowest BCUT2D eigenvalue weighted by atomic mass is 10.2. The summed E-state index contributed by atoms with van der Waals surface area (Å²) < 4.78 is 17.7. The van der Waals surface area contributed by atoms with E-state index in [9.17, 15) is 4.39 Å². The topological polar surface area (TPSA) is 9.23 Å². The molecule has 0 fully saturated rings. The van der Waals surface area contributed by atoms with Crippen LogP contribution in [-0.2, 0) is 4.74 Å². The van der Waals surface area contributed by atoms with Gasteiger partial charge >= 0.3 is 0 Å². The number of ether oxygens (including phenoxy) is 1. The van der Waals surface area contributed by atoms with Crippen LogP contribution in [0.3, 0.4) is 0 Å². The Bertz CT molecular complexity index is 297. The van der Waals surface area contributed by atoms with Gasteiger partial charge in [-0.2, -0.15) is 0 Å². The average Bonchev–Trinajstić information content (AvgIpc) is 2.08. The van der Waals surface area contributed by atoms with Crippen LogP contribution in [0, 0.1) is 5.82 Å². The fourth-order valence-corrected chi connectivity index (χ4v) is 0.972. The first-order chi connectivity index (χ1) is 5.75. The molecule has 0 N–H and O–H groups in total. The molecule has 0 aliphatic heterocycles. The van der Waals surface area contributed by atoms with Gasteiger partial charge in [0.25, 0.3) is 0 Å². The summed E-state index contributed by atoms with van der Waals surface area (Å²) in [7, 11) is 1.50. The molecule has 0 aromatic heterocycles. The smallest absolute Gasteiger partial charge is 0.149 e. The van der Waals surface area contributed by atoms with Crippen molar-refractivity contribution in [1.82, 2.24) is 0 Å². The number of rotatable bonds is 2. The minimum atomic E-state index is -0.424. The predicted molar refractivity (Wildman–Crippen MR) is 47.5 cm³/mol. The van der Waals surface area contributed by atoms with Crippen molar-refractivity contribution in [1.29, 1.82) is 0 Å². The molecule has 0 aliphatic rings. The predicted octanol–water partition coefficient (Wildman–Crippen LogP) is 3.10. The molecule has 1 aromatic carbocycles. The van der Waals surface area contributed by atoms with Gasteiger partial charge < -0.3 is 4.74 Å². The molecular weight excluding hydrogens is 179 g/mol. The van der Waals surface area contributed by atoms with Crippen LogP contribution in [0.25, 0.3) is 6.08 Å². The van der Waals surface area contributed by atoms with Crippen LogP contribution < -0.4 is 0 Å². The molecule has 12 heavy (non-hydrogen) atoms. The minimum absolute atomic E-state index is 0.119. The van der Waals surface area contributed by atoms with Gasteiger partial charge in [-0.05, 0) is 12.1 Å². The van der Waals surface area contributed by atoms with Crippen molar-refractivity contribution in [2.75, 3.05) is 7.11 Å². The highest BCUT2D eigenvalue weighted by Gasteiger charge is 2.01. The second-order valence-electron chi connectivity index (χ2n) is 2.18. The number of hydrogen-bond acceptors (Lipinski definition) is 1. The van der Waals surface area contributed by atoms with E-state index < -0.39 is 5.82 Å².